The average Bonchev–Trinajstić information content (AvgIpc) is 2.86. The number of ether oxygens (including phenoxy) is 4. The minimum Gasteiger partial charge on any atom is -0.481 e. The molecule has 0 spiro atoms. The van der Waals surface area contributed by atoms with Crippen molar-refractivity contribution in [3.05, 3.63) is 0 Å². The lowest BCUT2D eigenvalue weighted by atomic mass is 9.59. The Balaban J connectivity index is 2.04. The molecule has 0 bridgehead atoms. The third kappa shape index (κ3) is 4.81. The summed E-state index contributed by atoms with van der Waals surface area (Å²) in [6.45, 7) is -2.66. The summed E-state index contributed by atoms with van der Waals surface area (Å²) in [5.41, 5.74) is -9.63. The van der Waals surface area contributed by atoms with E-state index in [0.717, 1.165) is 0 Å². The first-order chi connectivity index (χ1) is 17.6. The van der Waals surface area contributed by atoms with Crippen molar-refractivity contribution in [2.75, 3.05) is 26.4 Å². The second kappa shape index (κ2) is 11.1. The molecule has 1 unspecified atom stereocenters. The molecule has 3 heterocycles. The maximum Gasteiger partial charge on any atom is 0.317 e. The van der Waals surface area contributed by atoms with Crippen molar-refractivity contribution in [1.29, 1.82) is 0 Å². The van der Waals surface area contributed by atoms with E-state index < -0.39 is 123 Å². The van der Waals surface area contributed by atoms with Gasteiger partial charge in [-0.05, 0) is 6.92 Å². The van der Waals surface area contributed by atoms with Crippen molar-refractivity contribution in [2.24, 2.45) is 0 Å². The largest absolute Gasteiger partial charge is 0.481 e. The van der Waals surface area contributed by atoms with E-state index in [2.05, 4.69) is 0 Å². The molecule has 13 atom stereocenters. The molecule has 0 amide bonds. The fraction of sp³-hybridized carbons (Fsp3) is 0.905. The number of carbonyl (C=O) groups is 2. The number of rotatable bonds is 7. The smallest absolute Gasteiger partial charge is 0.317 e. The van der Waals surface area contributed by atoms with E-state index in [9.17, 15) is 60.7 Å². The summed E-state index contributed by atoms with van der Waals surface area (Å²) < 4.78 is 20.6. The molecule has 0 aromatic rings. The molecular weight excluding hydrogens is 524 g/mol. The van der Waals surface area contributed by atoms with Crippen molar-refractivity contribution >= 4 is 11.9 Å². The Hall–Kier alpha value is -1.58. The average molecular weight is 558 g/mol. The van der Waals surface area contributed by atoms with Crippen LogP contribution in [0.3, 0.4) is 0 Å². The minimum absolute atomic E-state index is 0.926. The zero-order chi connectivity index (χ0) is 28.8. The van der Waals surface area contributed by atoms with Gasteiger partial charge in [-0.3, -0.25) is 9.59 Å². The molecule has 17 heteroatoms. The maximum absolute atomic E-state index is 11.9. The monoisotopic (exact) mass is 558 g/mol. The predicted octanol–water partition coefficient (Wildman–Crippen LogP) is -7.06. The molecule has 3 saturated heterocycles. The van der Waals surface area contributed by atoms with Crippen molar-refractivity contribution in [1.82, 2.24) is 0 Å². The summed E-state index contributed by atoms with van der Waals surface area (Å²) in [4.78, 5) is 22.3. The van der Waals surface area contributed by atoms with Gasteiger partial charge in [-0.1, -0.05) is 0 Å². The molecule has 0 saturated carbocycles. The number of hydrogen-bond donors (Lipinski definition) is 11. The van der Waals surface area contributed by atoms with Gasteiger partial charge in [0.15, 0.2) is 16.8 Å². The Morgan fingerprint density at radius 2 is 1.50 bits per heavy atom. The molecular formula is C21H34O17. The quantitative estimate of drug-likeness (QED) is 0.102. The predicted molar refractivity (Wildman–Crippen MR) is 115 cm³/mol. The molecule has 38 heavy (non-hydrogen) atoms. The second-order valence-corrected chi connectivity index (χ2v) is 9.86. The highest BCUT2D eigenvalue weighted by Gasteiger charge is 2.76. The van der Waals surface area contributed by atoms with Crippen LogP contribution < -0.4 is 0 Å². The summed E-state index contributed by atoms with van der Waals surface area (Å²) in [6.07, 6.45) is -21.0. The molecule has 3 fully saturated rings. The molecule has 3 aliphatic rings. The van der Waals surface area contributed by atoms with Crippen LogP contribution in [-0.2, 0) is 28.5 Å². The van der Waals surface area contributed by atoms with Gasteiger partial charge in [-0.25, -0.2) is 0 Å². The SMILES string of the molecule is C[C@H]1OC[C@@](O)([C@@]2(O)CO[C@@H](CO)[C@H](O)[C@]2(O)C2O[C@H](COC(=O)CC(=O)O)[C@@H](O)[C@H](O)[C@H]2O)[C@@H](O)[C@@H]1O. The molecule has 3 aliphatic heterocycles. The fourth-order valence-corrected chi connectivity index (χ4v) is 5.14. The zero-order valence-electron chi connectivity index (χ0n) is 20.2. The van der Waals surface area contributed by atoms with E-state index in [4.69, 9.17) is 24.1 Å². The number of aliphatic hydroxyl groups excluding tert-OH is 7. The lowest BCUT2D eigenvalue weighted by molar-refractivity contribution is -0.407. The summed E-state index contributed by atoms with van der Waals surface area (Å²) in [7, 11) is 0. The Labute approximate surface area is 215 Å². The van der Waals surface area contributed by atoms with E-state index >= 15 is 0 Å². The first-order valence-electron chi connectivity index (χ1n) is 11.7. The molecule has 11 N–H and O–H groups in total. The van der Waals surface area contributed by atoms with E-state index in [1.807, 2.05) is 0 Å². The van der Waals surface area contributed by atoms with Gasteiger partial charge in [-0.2, -0.15) is 0 Å². The van der Waals surface area contributed by atoms with Gasteiger partial charge in [-0.15, -0.1) is 0 Å². The van der Waals surface area contributed by atoms with Gasteiger partial charge in [0, 0.05) is 0 Å². The number of hydrogen-bond acceptors (Lipinski definition) is 16. The van der Waals surface area contributed by atoms with Crippen molar-refractivity contribution < 1.29 is 84.7 Å². The lowest BCUT2D eigenvalue weighted by Crippen LogP contribution is -2.88. The Bertz CT molecular complexity index is 873. The van der Waals surface area contributed by atoms with Crippen LogP contribution in [0.1, 0.15) is 13.3 Å². The van der Waals surface area contributed by atoms with E-state index in [1.54, 1.807) is 0 Å². The van der Waals surface area contributed by atoms with E-state index in [1.165, 1.54) is 6.92 Å². The number of carboxylic acids is 1. The Morgan fingerprint density at radius 3 is 2.08 bits per heavy atom. The molecule has 17 nitrogen and oxygen atoms in total. The number of carbonyl (C=O) groups excluding carboxylic acids is 1. The normalized spacial score (nSPS) is 49.9. The highest BCUT2D eigenvalue weighted by atomic mass is 16.6. The highest BCUT2D eigenvalue weighted by Crippen LogP contribution is 2.49. The topological polar surface area (TPSA) is 294 Å². The maximum atomic E-state index is 11.9. The van der Waals surface area contributed by atoms with Gasteiger partial charge >= 0.3 is 11.9 Å². The van der Waals surface area contributed by atoms with Crippen molar-refractivity contribution in [3.63, 3.8) is 0 Å². The van der Waals surface area contributed by atoms with Crippen LogP contribution in [0.2, 0.25) is 0 Å². The van der Waals surface area contributed by atoms with Crippen LogP contribution in [0.4, 0.5) is 0 Å². The van der Waals surface area contributed by atoms with E-state index in [0.29, 0.717) is 0 Å². The lowest BCUT2D eigenvalue weighted by Gasteiger charge is -2.63. The number of aliphatic carboxylic acids is 1. The summed E-state index contributed by atoms with van der Waals surface area (Å²) in [6, 6.07) is 0. The van der Waals surface area contributed by atoms with Crippen molar-refractivity contribution in [3.8, 4) is 0 Å². The van der Waals surface area contributed by atoms with Gasteiger partial charge < -0.3 is 75.1 Å². The first kappa shape index (κ1) is 31.0. The summed E-state index contributed by atoms with van der Waals surface area (Å²) in [5, 5.41) is 117. The van der Waals surface area contributed by atoms with Crippen LogP contribution in [0.15, 0.2) is 0 Å². The standard InChI is InChI=1S/C21H34O17/c1-7-12(26)17(31)19(32,5-36-7)20(33)6-37-8(3-22)16(30)21(20,34)18-15(29)14(28)13(27)9(38-18)4-35-11(25)2-10(23)24/h7-9,12-18,22,26-34H,2-6H2,1H3,(H,23,24)/t7-,8+,9-,12-,13-,14+,15-,16+,17+,18?,19+,20+,21+/m1/s1. The third-order valence-electron chi connectivity index (χ3n) is 7.58. The van der Waals surface area contributed by atoms with Gasteiger partial charge in [0.05, 0.1) is 25.9 Å². The second-order valence-electron chi connectivity index (χ2n) is 9.86. The van der Waals surface area contributed by atoms with Gasteiger partial charge in [0.2, 0.25) is 0 Å². The highest BCUT2D eigenvalue weighted by molar-refractivity contribution is 5.90. The summed E-state index contributed by atoms with van der Waals surface area (Å²) >= 11 is 0. The van der Waals surface area contributed by atoms with Crippen molar-refractivity contribution in [2.45, 2.75) is 91.2 Å². The van der Waals surface area contributed by atoms with E-state index in [-0.39, 0.29) is 0 Å². The van der Waals surface area contributed by atoms with Gasteiger partial charge in [0.1, 0.15) is 68.0 Å². The van der Waals surface area contributed by atoms with Gasteiger partial charge in [0.25, 0.3) is 0 Å². The number of carboxylic acid groups (broad SMARTS) is 1. The molecule has 0 aromatic heterocycles. The van der Waals surface area contributed by atoms with Crippen LogP contribution in [-0.4, -0.2) is 172 Å². The minimum atomic E-state index is -3.35. The fourth-order valence-electron chi connectivity index (χ4n) is 5.14. The molecule has 220 valence electrons. The molecule has 3 rings (SSSR count). The zero-order valence-corrected chi connectivity index (χ0v) is 20.2. The Kier molecular flexibility index (Phi) is 9.06. The van der Waals surface area contributed by atoms with Crippen LogP contribution in [0.25, 0.3) is 0 Å². The molecule has 0 radical (unpaired) electrons. The summed E-state index contributed by atoms with van der Waals surface area (Å²) in [5.74, 6) is -2.81. The first-order valence-corrected chi connectivity index (χ1v) is 11.7. The van der Waals surface area contributed by atoms with Crippen LogP contribution in [0.5, 0.6) is 0 Å². The Morgan fingerprint density at radius 1 is 0.868 bits per heavy atom. The third-order valence-corrected chi connectivity index (χ3v) is 7.58. The van der Waals surface area contributed by atoms with Crippen LogP contribution in [0, 0.1) is 0 Å². The number of esters is 1. The molecule has 0 aromatic carbocycles. The van der Waals surface area contributed by atoms with Crippen LogP contribution >= 0.6 is 0 Å². The molecule has 0 aliphatic carbocycles. The number of aliphatic hydroxyl groups is 10.